The standard InChI is InChI=1S/C26H29N3O2/c1-31-24-14-12-22(13-15-24)28-26(30)19-29-16-6-9-21(18-29)25-11-5-10-23(27-25)17-20-7-3-2-4-8-20/h2-5,7-8,10-15,21H,6,9,16-19H2,1H3,(H,28,30). The van der Waals surface area contributed by atoms with Gasteiger partial charge in [-0.25, -0.2) is 0 Å². The van der Waals surface area contributed by atoms with E-state index in [1.807, 2.05) is 30.3 Å². The fraction of sp³-hybridized carbons (Fsp3) is 0.308. The van der Waals surface area contributed by atoms with Gasteiger partial charge in [0.15, 0.2) is 0 Å². The van der Waals surface area contributed by atoms with Crippen molar-refractivity contribution < 1.29 is 9.53 Å². The summed E-state index contributed by atoms with van der Waals surface area (Å²) in [6.45, 7) is 2.19. The minimum atomic E-state index is 0.0107. The molecule has 1 saturated heterocycles. The van der Waals surface area contributed by atoms with Crippen molar-refractivity contribution in [1.82, 2.24) is 9.88 Å². The van der Waals surface area contributed by atoms with E-state index in [-0.39, 0.29) is 5.91 Å². The molecule has 1 aliphatic heterocycles. The molecule has 3 aromatic rings. The molecular weight excluding hydrogens is 386 g/mol. The molecule has 0 bridgehead atoms. The van der Waals surface area contributed by atoms with Crippen LogP contribution in [0.5, 0.6) is 5.75 Å². The van der Waals surface area contributed by atoms with Crippen LogP contribution in [-0.2, 0) is 11.2 Å². The molecule has 1 atom stereocenters. The van der Waals surface area contributed by atoms with E-state index in [2.05, 4.69) is 52.7 Å². The zero-order chi connectivity index (χ0) is 21.5. The number of ether oxygens (including phenoxy) is 1. The van der Waals surface area contributed by atoms with Gasteiger partial charge < -0.3 is 10.1 Å². The first-order chi connectivity index (χ1) is 15.2. The average Bonchev–Trinajstić information content (AvgIpc) is 2.80. The second-order valence-corrected chi connectivity index (χ2v) is 8.07. The van der Waals surface area contributed by atoms with Crippen molar-refractivity contribution in [3.05, 3.63) is 89.7 Å². The van der Waals surface area contributed by atoms with Crippen molar-refractivity contribution in [2.45, 2.75) is 25.2 Å². The van der Waals surface area contributed by atoms with Crippen LogP contribution in [0.3, 0.4) is 0 Å². The fourth-order valence-electron chi connectivity index (χ4n) is 4.15. The Bertz CT molecular complexity index is 989. The lowest BCUT2D eigenvalue weighted by Gasteiger charge is -2.32. The summed E-state index contributed by atoms with van der Waals surface area (Å²) in [5, 5.41) is 2.98. The van der Waals surface area contributed by atoms with Crippen LogP contribution in [0.4, 0.5) is 5.69 Å². The number of pyridine rings is 1. The summed E-state index contributed by atoms with van der Waals surface area (Å²) in [5.74, 6) is 1.15. The van der Waals surface area contributed by atoms with Crippen LogP contribution in [0, 0.1) is 0 Å². The summed E-state index contributed by atoms with van der Waals surface area (Å²) in [5.41, 5.74) is 4.29. The third-order valence-corrected chi connectivity index (χ3v) is 5.72. The van der Waals surface area contributed by atoms with Crippen molar-refractivity contribution in [3.8, 4) is 5.75 Å². The van der Waals surface area contributed by atoms with Gasteiger partial charge in [-0.3, -0.25) is 14.7 Å². The Labute approximate surface area is 184 Å². The summed E-state index contributed by atoms with van der Waals surface area (Å²) in [7, 11) is 1.63. The lowest BCUT2D eigenvalue weighted by atomic mass is 9.94. The molecule has 0 spiro atoms. The minimum Gasteiger partial charge on any atom is -0.497 e. The van der Waals surface area contributed by atoms with E-state index in [0.29, 0.717) is 12.5 Å². The zero-order valence-electron chi connectivity index (χ0n) is 18.0. The number of amides is 1. The first-order valence-electron chi connectivity index (χ1n) is 10.9. The number of hydrogen-bond donors (Lipinski definition) is 1. The predicted molar refractivity (Wildman–Crippen MR) is 124 cm³/mol. The Morgan fingerprint density at radius 3 is 2.65 bits per heavy atom. The smallest absolute Gasteiger partial charge is 0.238 e. The van der Waals surface area contributed by atoms with E-state index in [9.17, 15) is 4.79 Å². The number of anilines is 1. The third-order valence-electron chi connectivity index (χ3n) is 5.72. The highest BCUT2D eigenvalue weighted by molar-refractivity contribution is 5.92. The fourth-order valence-corrected chi connectivity index (χ4v) is 4.15. The van der Waals surface area contributed by atoms with Crippen LogP contribution in [0.15, 0.2) is 72.8 Å². The van der Waals surface area contributed by atoms with E-state index in [4.69, 9.17) is 9.72 Å². The van der Waals surface area contributed by atoms with Crippen molar-refractivity contribution in [2.75, 3.05) is 32.1 Å². The van der Waals surface area contributed by atoms with Crippen LogP contribution in [0.25, 0.3) is 0 Å². The van der Waals surface area contributed by atoms with Gasteiger partial charge in [0, 0.05) is 36.0 Å². The molecule has 1 aliphatic rings. The van der Waals surface area contributed by atoms with Crippen molar-refractivity contribution in [2.24, 2.45) is 0 Å². The molecule has 0 radical (unpaired) electrons. The second-order valence-electron chi connectivity index (χ2n) is 8.07. The van der Waals surface area contributed by atoms with Crippen LogP contribution >= 0.6 is 0 Å². The topological polar surface area (TPSA) is 54.5 Å². The summed E-state index contributed by atoms with van der Waals surface area (Å²) >= 11 is 0. The minimum absolute atomic E-state index is 0.0107. The van der Waals surface area contributed by atoms with Gasteiger partial charge in [-0.05, 0) is 61.3 Å². The summed E-state index contributed by atoms with van der Waals surface area (Å²) in [6, 6.07) is 24.2. The van der Waals surface area contributed by atoms with E-state index < -0.39 is 0 Å². The zero-order valence-corrected chi connectivity index (χ0v) is 18.0. The average molecular weight is 416 g/mol. The molecular formula is C26H29N3O2. The van der Waals surface area contributed by atoms with Gasteiger partial charge in [0.25, 0.3) is 0 Å². The number of hydrogen-bond acceptors (Lipinski definition) is 4. The Balaban J connectivity index is 1.34. The SMILES string of the molecule is COc1ccc(NC(=O)CN2CCCC(c3cccc(Cc4ccccc4)n3)C2)cc1. The van der Waals surface area contributed by atoms with E-state index in [0.717, 1.165) is 55.2 Å². The van der Waals surface area contributed by atoms with Gasteiger partial charge in [-0.15, -0.1) is 0 Å². The van der Waals surface area contributed by atoms with E-state index in [1.54, 1.807) is 7.11 Å². The van der Waals surface area contributed by atoms with Gasteiger partial charge in [0.2, 0.25) is 5.91 Å². The molecule has 0 aliphatic carbocycles. The van der Waals surface area contributed by atoms with Gasteiger partial charge in [-0.2, -0.15) is 0 Å². The Hall–Kier alpha value is -3.18. The Kier molecular flexibility index (Phi) is 6.95. The lowest BCUT2D eigenvalue weighted by Crippen LogP contribution is -2.40. The van der Waals surface area contributed by atoms with Crippen molar-refractivity contribution in [3.63, 3.8) is 0 Å². The predicted octanol–water partition coefficient (Wildman–Crippen LogP) is 4.50. The lowest BCUT2D eigenvalue weighted by molar-refractivity contribution is -0.117. The number of likely N-dealkylation sites (tertiary alicyclic amines) is 1. The van der Waals surface area contributed by atoms with Crippen LogP contribution in [0.1, 0.15) is 35.7 Å². The number of carbonyl (C=O) groups excluding carboxylic acids is 1. The molecule has 0 saturated carbocycles. The molecule has 2 heterocycles. The highest BCUT2D eigenvalue weighted by Crippen LogP contribution is 2.26. The molecule has 1 unspecified atom stereocenters. The number of methoxy groups -OCH3 is 1. The van der Waals surface area contributed by atoms with Gasteiger partial charge in [0.05, 0.1) is 13.7 Å². The molecule has 1 amide bonds. The molecule has 1 aromatic heterocycles. The first-order valence-corrected chi connectivity index (χ1v) is 10.9. The van der Waals surface area contributed by atoms with Crippen LogP contribution < -0.4 is 10.1 Å². The molecule has 1 N–H and O–H groups in total. The van der Waals surface area contributed by atoms with E-state index in [1.165, 1.54) is 5.56 Å². The maximum Gasteiger partial charge on any atom is 0.238 e. The Morgan fingerprint density at radius 1 is 1.06 bits per heavy atom. The van der Waals surface area contributed by atoms with Gasteiger partial charge in [-0.1, -0.05) is 36.4 Å². The maximum absolute atomic E-state index is 12.5. The molecule has 2 aromatic carbocycles. The molecule has 1 fully saturated rings. The van der Waals surface area contributed by atoms with Gasteiger partial charge >= 0.3 is 0 Å². The summed E-state index contributed by atoms with van der Waals surface area (Å²) in [6.07, 6.45) is 3.03. The van der Waals surface area contributed by atoms with E-state index >= 15 is 0 Å². The quantitative estimate of drug-likeness (QED) is 0.617. The van der Waals surface area contributed by atoms with Gasteiger partial charge in [0.1, 0.15) is 5.75 Å². The van der Waals surface area contributed by atoms with Crippen molar-refractivity contribution in [1.29, 1.82) is 0 Å². The normalized spacial score (nSPS) is 16.6. The van der Waals surface area contributed by atoms with Crippen LogP contribution in [0.2, 0.25) is 0 Å². The first kappa shape index (κ1) is 21.1. The molecule has 4 rings (SSSR count). The molecule has 31 heavy (non-hydrogen) atoms. The van der Waals surface area contributed by atoms with Crippen LogP contribution in [-0.4, -0.2) is 42.5 Å². The number of piperidine rings is 1. The number of nitrogens with one attached hydrogen (secondary N) is 1. The maximum atomic E-state index is 12.5. The number of benzene rings is 2. The number of carbonyl (C=O) groups is 1. The largest absolute Gasteiger partial charge is 0.497 e. The highest BCUT2D eigenvalue weighted by Gasteiger charge is 2.24. The van der Waals surface area contributed by atoms with Crippen molar-refractivity contribution >= 4 is 11.6 Å². The second kappa shape index (κ2) is 10.2. The Morgan fingerprint density at radius 2 is 1.87 bits per heavy atom. The molecule has 160 valence electrons. The highest BCUT2D eigenvalue weighted by atomic mass is 16.5. The molecule has 5 nitrogen and oxygen atoms in total. The monoisotopic (exact) mass is 415 g/mol. The number of nitrogens with zero attached hydrogens (tertiary/aromatic N) is 2. The summed E-state index contributed by atoms with van der Waals surface area (Å²) < 4.78 is 5.16. The summed E-state index contributed by atoms with van der Waals surface area (Å²) in [4.78, 5) is 19.7. The number of rotatable bonds is 7. The molecule has 5 heteroatoms. The third kappa shape index (κ3) is 5.92. The number of aromatic nitrogens is 1.